The molecule has 1 aliphatic rings. The Balaban J connectivity index is 1.38. The zero-order valence-corrected chi connectivity index (χ0v) is 14.8. The summed E-state index contributed by atoms with van der Waals surface area (Å²) in [6, 6.07) is 18.8. The molecule has 0 amide bonds. The van der Waals surface area contributed by atoms with Crippen LogP contribution in [0.25, 0.3) is 22.2 Å². The van der Waals surface area contributed by atoms with Gasteiger partial charge in [-0.3, -0.25) is 4.40 Å². The van der Waals surface area contributed by atoms with Gasteiger partial charge in [0.25, 0.3) is 0 Å². The fourth-order valence-corrected chi connectivity index (χ4v) is 3.92. The summed E-state index contributed by atoms with van der Waals surface area (Å²) in [4.78, 5) is 11.6. The number of para-hydroxylation sites is 1. The van der Waals surface area contributed by atoms with Gasteiger partial charge in [0.15, 0.2) is 5.65 Å². The van der Waals surface area contributed by atoms with Gasteiger partial charge in [0.2, 0.25) is 0 Å². The number of hydrogen-bond acceptors (Lipinski definition) is 4. The molecule has 0 bridgehead atoms. The first-order chi connectivity index (χ1) is 13.7. The van der Waals surface area contributed by atoms with Gasteiger partial charge >= 0.3 is 5.69 Å². The van der Waals surface area contributed by atoms with Gasteiger partial charge in [-0.2, -0.15) is 10.2 Å². The molecule has 0 saturated carbocycles. The number of hydrogen-bond donors (Lipinski definition) is 2. The Morgan fingerprint density at radius 3 is 2.93 bits per heavy atom. The predicted molar refractivity (Wildman–Crippen MR) is 107 cm³/mol. The lowest BCUT2D eigenvalue weighted by Crippen LogP contribution is -2.08. The molecule has 2 aromatic carbocycles. The minimum Gasteiger partial charge on any atom is -0.378 e. The highest BCUT2D eigenvalue weighted by Crippen LogP contribution is 2.34. The Morgan fingerprint density at radius 2 is 2.00 bits per heavy atom. The van der Waals surface area contributed by atoms with Crippen LogP contribution in [-0.4, -0.2) is 24.4 Å². The zero-order chi connectivity index (χ0) is 18.7. The summed E-state index contributed by atoms with van der Waals surface area (Å²) in [5, 5.41) is 15.9. The lowest BCUT2D eigenvalue weighted by Gasteiger charge is -2.11. The van der Waals surface area contributed by atoms with Gasteiger partial charge in [0, 0.05) is 29.5 Å². The van der Waals surface area contributed by atoms with Crippen LogP contribution in [0.15, 0.2) is 71.8 Å². The monoisotopic (exact) mass is 368 g/mol. The molecule has 0 saturated heterocycles. The molecule has 5 aromatic rings. The second-order valence-corrected chi connectivity index (χ2v) is 7.09. The summed E-state index contributed by atoms with van der Waals surface area (Å²) in [5.74, 6) is 0. The highest BCUT2D eigenvalue weighted by molar-refractivity contribution is 5.80. The van der Waals surface area contributed by atoms with Crippen molar-refractivity contribution in [1.82, 2.24) is 24.4 Å². The first kappa shape index (κ1) is 15.2. The van der Waals surface area contributed by atoms with Crippen LogP contribution in [0.4, 0.5) is 5.69 Å². The van der Waals surface area contributed by atoms with Crippen molar-refractivity contribution in [2.24, 2.45) is 0 Å². The molecule has 0 fully saturated rings. The first-order valence-corrected chi connectivity index (χ1v) is 9.15. The second-order valence-electron chi connectivity index (χ2n) is 7.09. The minimum atomic E-state index is -0.248. The number of anilines is 1. The summed E-state index contributed by atoms with van der Waals surface area (Å²) in [7, 11) is 0. The zero-order valence-electron chi connectivity index (χ0n) is 14.8. The number of fused-ring (bicyclic) bond motifs is 3. The highest BCUT2D eigenvalue weighted by Gasteiger charge is 2.21. The lowest BCUT2D eigenvalue weighted by molar-refractivity contribution is 0.824. The van der Waals surface area contributed by atoms with Gasteiger partial charge in [0.1, 0.15) is 0 Å². The first-order valence-electron chi connectivity index (χ1n) is 9.15. The Morgan fingerprint density at radius 1 is 1.07 bits per heavy atom. The number of rotatable bonds is 2. The average Bonchev–Trinajstić information content (AvgIpc) is 3.43. The van der Waals surface area contributed by atoms with Crippen LogP contribution in [-0.2, 0) is 6.42 Å². The number of H-pyrrole nitrogens is 1. The number of aromatic nitrogens is 5. The SMILES string of the molecule is O=c1[nH]nc2cc(-n3cc4ccc(C5Cc6ccccc6N5)cc4n3)ccn12. The maximum absolute atomic E-state index is 11.6. The van der Waals surface area contributed by atoms with Gasteiger partial charge < -0.3 is 5.32 Å². The molecule has 1 unspecified atom stereocenters. The van der Waals surface area contributed by atoms with Gasteiger partial charge in [-0.25, -0.2) is 14.6 Å². The van der Waals surface area contributed by atoms with E-state index in [9.17, 15) is 4.79 Å². The molecule has 6 rings (SSSR count). The summed E-state index contributed by atoms with van der Waals surface area (Å²) in [6.07, 6.45) is 4.67. The molecule has 1 aliphatic heterocycles. The number of benzene rings is 2. The van der Waals surface area contributed by atoms with E-state index in [0.717, 1.165) is 23.0 Å². The van der Waals surface area contributed by atoms with E-state index in [1.807, 2.05) is 23.0 Å². The predicted octanol–water partition coefficient (Wildman–Crippen LogP) is 3.07. The summed E-state index contributed by atoms with van der Waals surface area (Å²) in [5.41, 5.74) is 5.90. The van der Waals surface area contributed by atoms with E-state index in [4.69, 9.17) is 5.10 Å². The van der Waals surface area contributed by atoms with Crippen LogP contribution in [0.1, 0.15) is 17.2 Å². The topological polar surface area (TPSA) is 80.0 Å². The highest BCUT2D eigenvalue weighted by atomic mass is 16.1. The lowest BCUT2D eigenvalue weighted by atomic mass is 10.0. The van der Waals surface area contributed by atoms with Crippen molar-refractivity contribution >= 4 is 22.2 Å². The molecule has 1 atom stereocenters. The van der Waals surface area contributed by atoms with Crippen molar-refractivity contribution in [3.8, 4) is 5.69 Å². The van der Waals surface area contributed by atoms with Gasteiger partial charge in [0.05, 0.1) is 17.2 Å². The molecule has 7 heteroatoms. The van der Waals surface area contributed by atoms with E-state index in [1.54, 1.807) is 6.20 Å². The molecule has 0 aliphatic carbocycles. The van der Waals surface area contributed by atoms with Crippen molar-refractivity contribution in [1.29, 1.82) is 0 Å². The van der Waals surface area contributed by atoms with Crippen molar-refractivity contribution in [2.45, 2.75) is 12.5 Å². The number of aromatic amines is 1. The quantitative estimate of drug-likeness (QED) is 0.502. The molecule has 28 heavy (non-hydrogen) atoms. The maximum atomic E-state index is 11.6. The number of nitrogens with zero attached hydrogens (tertiary/aromatic N) is 4. The average molecular weight is 368 g/mol. The van der Waals surface area contributed by atoms with E-state index in [2.05, 4.69) is 58.0 Å². The van der Waals surface area contributed by atoms with E-state index < -0.39 is 0 Å². The van der Waals surface area contributed by atoms with Crippen LogP contribution in [0, 0.1) is 0 Å². The number of pyridine rings is 1. The van der Waals surface area contributed by atoms with Crippen molar-refractivity contribution in [3.63, 3.8) is 0 Å². The Hall–Kier alpha value is -3.87. The number of nitrogens with one attached hydrogen (secondary N) is 2. The molecule has 136 valence electrons. The van der Waals surface area contributed by atoms with Crippen LogP contribution in [0.2, 0.25) is 0 Å². The molecule has 3 aromatic heterocycles. The van der Waals surface area contributed by atoms with Gasteiger partial charge in [-0.05, 0) is 35.7 Å². The Kier molecular flexibility index (Phi) is 3.02. The molecule has 2 N–H and O–H groups in total. The standard InChI is InChI=1S/C21H16N6O/c28-21-24-23-20-11-16(7-8-26(20)21)27-12-15-6-5-14(10-19(15)25-27)18-9-13-3-1-2-4-17(13)22-18/h1-8,10-12,18,22H,9H2,(H,24,28). The van der Waals surface area contributed by atoms with Crippen molar-refractivity contribution < 1.29 is 0 Å². The van der Waals surface area contributed by atoms with Gasteiger partial charge in [-0.15, -0.1) is 0 Å². The fourth-order valence-electron chi connectivity index (χ4n) is 3.92. The third-order valence-electron chi connectivity index (χ3n) is 5.37. The molecule has 4 heterocycles. The van der Waals surface area contributed by atoms with Crippen molar-refractivity contribution in [3.05, 3.63) is 88.6 Å². The third-order valence-corrected chi connectivity index (χ3v) is 5.37. The molecule has 0 radical (unpaired) electrons. The van der Waals surface area contributed by atoms with E-state index in [-0.39, 0.29) is 11.7 Å². The van der Waals surface area contributed by atoms with Crippen LogP contribution < -0.4 is 11.0 Å². The minimum absolute atomic E-state index is 0.248. The summed E-state index contributed by atoms with van der Waals surface area (Å²) in [6.45, 7) is 0. The smallest absolute Gasteiger partial charge is 0.347 e. The fraction of sp³-hybridized carbons (Fsp3) is 0.0952. The second kappa shape index (κ2) is 5.56. The van der Waals surface area contributed by atoms with Crippen LogP contribution in [0.3, 0.4) is 0 Å². The van der Waals surface area contributed by atoms with E-state index in [1.165, 1.54) is 21.2 Å². The van der Waals surface area contributed by atoms with E-state index in [0.29, 0.717) is 5.65 Å². The van der Waals surface area contributed by atoms with Crippen LogP contribution >= 0.6 is 0 Å². The summed E-state index contributed by atoms with van der Waals surface area (Å²) < 4.78 is 3.29. The van der Waals surface area contributed by atoms with E-state index >= 15 is 0 Å². The third kappa shape index (κ3) is 2.26. The molecule has 0 spiro atoms. The van der Waals surface area contributed by atoms with Gasteiger partial charge in [-0.1, -0.05) is 30.3 Å². The molecular formula is C21H16N6O. The Bertz CT molecular complexity index is 1380. The summed E-state index contributed by atoms with van der Waals surface area (Å²) >= 11 is 0. The largest absolute Gasteiger partial charge is 0.378 e. The normalized spacial score (nSPS) is 15.8. The Labute approximate surface area is 159 Å². The van der Waals surface area contributed by atoms with Crippen LogP contribution in [0.5, 0.6) is 0 Å². The molecule has 7 nitrogen and oxygen atoms in total. The van der Waals surface area contributed by atoms with Crippen molar-refractivity contribution in [2.75, 3.05) is 5.32 Å². The maximum Gasteiger partial charge on any atom is 0.347 e. The molecular weight excluding hydrogens is 352 g/mol.